The van der Waals surface area contributed by atoms with Crippen molar-refractivity contribution in [2.24, 2.45) is 0 Å². The van der Waals surface area contributed by atoms with Crippen LogP contribution < -0.4 is 5.63 Å². The Kier molecular flexibility index (Phi) is 2.00. The minimum absolute atomic E-state index is 0.0714. The Labute approximate surface area is 84.1 Å². The van der Waals surface area contributed by atoms with E-state index in [0.717, 1.165) is 6.26 Å². The van der Waals surface area contributed by atoms with Crippen LogP contribution in [0.15, 0.2) is 33.7 Å². The molecule has 0 bridgehead atoms. The van der Waals surface area contributed by atoms with Crippen LogP contribution in [0.5, 0.6) is 0 Å². The molecular weight excluding hydrogens is 198 g/mol. The smallest absolute Gasteiger partial charge is 0.343 e. The van der Waals surface area contributed by atoms with Gasteiger partial charge < -0.3 is 4.42 Å². The third kappa shape index (κ3) is 1.48. The molecule has 0 aliphatic heterocycles. The monoisotopic (exact) mass is 205 g/mol. The number of nitro benzene ring substituents is 1. The molecular formula is C10H7NO4. The molecule has 2 rings (SSSR count). The lowest BCUT2D eigenvalue weighted by Gasteiger charge is -1.99. The van der Waals surface area contributed by atoms with E-state index in [-0.39, 0.29) is 11.1 Å². The van der Waals surface area contributed by atoms with Crippen LogP contribution in [0.4, 0.5) is 5.69 Å². The number of aryl methyl sites for hydroxylation is 1. The fraction of sp³-hybridized carbons (Fsp3) is 0.100. The van der Waals surface area contributed by atoms with E-state index in [9.17, 15) is 14.9 Å². The van der Waals surface area contributed by atoms with Gasteiger partial charge in [-0.25, -0.2) is 4.79 Å². The number of fused-ring (bicyclic) bond motifs is 1. The van der Waals surface area contributed by atoms with Crippen LogP contribution in [0.2, 0.25) is 0 Å². The zero-order valence-electron chi connectivity index (χ0n) is 7.89. The van der Waals surface area contributed by atoms with Crippen LogP contribution in [0, 0.1) is 17.0 Å². The normalized spacial score (nSPS) is 10.5. The van der Waals surface area contributed by atoms with Crippen molar-refractivity contribution in [1.29, 1.82) is 0 Å². The van der Waals surface area contributed by atoms with Gasteiger partial charge in [-0.2, -0.15) is 0 Å². The second kappa shape index (κ2) is 3.20. The summed E-state index contributed by atoms with van der Waals surface area (Å²) in [5.41, 5.74) is 0.0323. The molecule has 0 saturated carbocycles. The molecule has 1 aromatic carbocycles. The first-order valence-corrected chi connectivity index (χ1v) is 4.26. The van der Waals surface area contributed by atoms with Crippen molar-refractivity contribution in [3.63, 3.8) is 0 Å². The molecule has 0 amide bonds. The lowest BCUT2D eigenvalue weighted by atomic mass is 10.1. The summed E-state index contributed by atoms with van der Waals surface area (Å²) in [5, 5.41) is 11.3. The minimum atomic E-state index is -0.556. The van der Waals surface area contributed by atoms with Crippen molar-refractivity contribution in [2.45, 2.75) is 6.92 Å². The summed E-state index contributed by atoms with van der Waals surface area (Å²) in [5.74, 6) is 0. The second-order valence-corrected chi connectivity index (χ2v) is 3.21. The predicted octanol–water partition coefficient (Wildman–Crippen LogP) is 2.01. The first-order chi connectivity index (χ1) is 7.09. The van der Waals surface area contributed by atoms with Crippen molar-refractivity contribution in [1.82, 2.24) is 0 Å². The molecule has 1 aromatic heterocycles. The van der Waals surface area contributed by atoms with Crippen LogP contribution in [-0.2, 0) is 0 Å². The summed E-state index contributed by atoms with van der Waals surface area (Å²) in [6.07, 6.45) is 1.16. The summed E-state index contributed by atoms with van der Waals surface area (Å²) in [6, 6.07) is 4.43. The molecule has 1 heterocycles. The molecule has 0 saturated heterocycles. The molecule has 0 atom stereocenters. The molecule has 5 nitrogen and oxygen atoms in total. The lowest BCUT2D eigenvalue weighted by molar-refractivity contribution is -0.383. The van der Waals surface area contributed by atoms with E-state index in [1.54, 1.807) is 13.0 Å². The van der Waals surface area contributed by atoms with Crippen molar-refractivity contribution in [2.75, 3.05) is 0 Å². The van der Waals surface area contributed by atoms with Gasteiger partial charge in [0.2, 0.25) is 0 Å². The number of nitro groups is 1. The first kappa shape index (κ1) is 9.39. The summed E-state index contributed by atoms with van der Waals surface area (Å²) in [6.45, 7) is 1.69. The summed E-state index contributed by atoms with van der Waals surface area (Å²) >= 11 is 0. The van der Waals surface area contributed by atoms with Gasteiger partial charge in [-0.1, -0.05) is 0 Å². The highest BCUT2D eigenvalue weighted by Crippen LogP contribution is 2.24. The Morgan fingerprint density at radius 3 is 2.73 bits per heavy atom. The SMILES string of the molecule is Cc1cc([N+](=O)[O-])c2ccoc(=O)c2c1. The van der Waals surface area contributed by atoms with Gasteiger partial charge in [0.25, 0.3) is 5.69 Å². The molecule has 0 spiro atoms. The largest absolute Gasteiger partial charge is 0.431 e. The van der Waals surface area contributed by atoms with Crippen LogP contribution >= 0.6 is 0 Å². The number of benzene rings is 1. The molecule has 0 aliphatic rings. The number of hydrogen-bond acceptors (Lipinski definition) is 4. The molecule has 0 unspecified atom stereocenters. The zero-order valence-corrected chi connectivity index (χ0v) is 7.89. The Morgan fingerprint density at radius 1 is 1.33 bits per heavy atom. The van der Waals surface area contributed by atoms with Crippen LogP contribution in [-0.4, -0.2) is 4.92 Å². The van der Waals surface area contributed by atoms with Crippen molar-refractivity contribution in [3.05, 3.63) is 50.6 Å². The molecule has 2 aromatic rings. The van der Waals surface area contributed by atoms with Crippen molar-refractivity contribution < 1.29 is 9.34 Å². The fourth-order valence-corrected chi connectivity index (χ4v) is 1.50. The molecule has 5 heteroatoms. The van der Waals surface area contributed by atoms with E-state index in [2.05, 4.69) is 4.42 Å². The average Bonchev–Trinajstić information content (AvgIpc) is 2.18. The first-order valence-electron chi connectivity index (χ1n) is 4.26. The molecule has 0 radical (unpaired) electrons. The Balaban J connectivity index is 2.99. The van der Waals surface area contributed by atoms with E-state index in [4.69, 9.17) is 0 Å². The second-order valence-electron chi connectivity index (χ2n) is 3.21. The topological polar surface area (TPSA) is 73.3 Å². The van der Waals surface area contributed by atoms with Gasteiger partial charge in [0.15, 0.2) is 0 Å². The summed E-state index contributed by atoms with van der Waals surface area (Å²) in [4.78, 5) is 21.6. The van der Waals surface area contributed by atoms with Crippen LogP contribution in [0.25, 0.3) is 10.8 Å². The van der Waals surface area contributed by atoms with E-state index in [1.165, 1.54) is 12.1 Å². The van der Waals surface area contributed by atoms with E-state index in [1.807, 2.05) is 0 Å². The van der Waals surface area contributed by atoms with Crippen LogP contribution in [0.3, 0.4) is 0 Å². The van der Waals surface area contributed by atoms with Gasteiger partial charge in [0, 0.05) is 6.07 Å². The van der Waals surface area contributed by atoms with Gasteiger partial charge >= 0.3 is 5.63 Å². The summed E-state index contributed by atoms with van der Waals surface area (Å²) in [7, 11) is 0. The predicted molar refractivity (Wildman–Crippen MR) is 53.9 cm³/mol. The quantitative estimate of drug-likeness (QED) is 0.527. The highest BCUT2D eigenvalue weighted by molar-refractivity contribution is 5.90. The number of rotatable bonds is 1. The maximum Gasteiger partial charge on any atom is 0.343 e. The van der Waals surface area contributed by atoms with Gasteiger partial charge in [-0.05, 0) is 24.6 Å². The minimum Gasteiger partial charge on any atom is -0.431 e. The zero-order chi connectivity index (χ0) is 11.0. The van der Waals surface area contributed by atoms with E-state index < -0.39 is 10.5 Å². The molecule has 76 valence electrons. The Bertz CT molecular complexity index is 600. The van der Waals surface area contributed by atoms with Gasteiger partial charge in [0.05, 0.1) is 22.0 Å². The van der Waals surface area contributed by atoms with Crippen molar-refractivity contribution >= 4 is 16.5 Å². The maximum absolute atomic E-state index is 11.3. The highest BCUT2D eigenvalue weighted by atomic mass is 16.6. The van der Waals surface area contributed by atoms with Crippen LogP contribution in [0.1, 0.15) is 5.56 Å². The third-order valence-electron chi connectivity index (χ3n) is 2.13. The van der Waals surface area contributed by atoms with E-state index >= 15 is 0 Å². The third-order valence-corrected chi connectivity index (χ3v) is 2.13. The van der Waals surface area contributed by atoms with Gasteiger partial charge in [-0.15, -0.1) is 0 Å². The molecule has 0 N–H and O–H groups in total. The van der Waals surface area contributed by atoms with E-state index in [0.29, 0.717) is 10.9 Å². The van der Waals surface area contributed by atoms with Crippen molar-refractivity contribution in [3.8, 4) is 0 Å². The number of nitrogens with zero attached hydrogens (tertiary/aromatic N) is 1. The standard InChI is InChI=1S/C10H7NO4/c1-6-4-8-7(2-3-15-10(8)12)9(5-6)11(13)14/h2-5H,1H3. The number of non-ortho nitro benzene ring substituents is 1. The lowest BCUT2D eigenvalue weighted by Crippen LogP contribution is -2.00. The molecule has 0 aliphatic carbocycles. The van der Waals surface area contributed by atoms with Gasteiger partial charge in [-0.3, -0.25) is 10.1 Å². The average molecular weight is 205 g/mol. The molecule has 0 fully saturated rings. The van der Waals surface area contributed by atoms with Gasteiger partial charge in [0.1, 0.15) is 0 Å². The highest BCUT2D eigenvalue weighted by Gasteiger charge is 2.14. The Hall–Kier alpha value is -2.17. The maximum atomic E-state index is 11.3. The fourth-order valence-electron chi connectivity index (χ4n) is 1.50. The summed E-state index contributed by atoms with van der Waals surface area (Å²) < 4.78 is 4.65. The molecule has 15 heavy (non-hydrogen) atoms. The number of hydrogen-bond donors (Lipinski definition) is 0. The Morgan fingerprint density at radius 2 is 2.07 bits per heavy atom.